The molecule has 0 N–H and O–H groups in total. The van der Waals surface area contributed by atoms with E-state index in [0.29, 0.717) is 0 Å². The molecule has 0 nitrogen and oxygen atoms in total. The molecular weight excluding hydrogens is 2050 g/mol. The van der Waals surface area contributed by atoms with Crippen molar-refractivity contribution in [3.63, 3.8) is 0 Å². The van der Waals surface area contributed by atoms with E-state index in [9.17, 15) is 0 Å². The molecule has 8 radical (unpaired) electrons. The topological polar surface area (TPSA) is 0 Å². The van der Waals surface area contributed by atoms with E-state index in [1.54, 1.807) is 0 Å². The Balaban J connectivity index is 0.000000287. The Bertz CT molecular complexity index is 3950. The van der Waals surface area contributed by atoms with Gasteiger partial charge in [0, 0.05) is 0 Å². The van der Waals surface area contributed by atoms with Crippen LogP contribution in [0, 0.1) is 0 Å². The van der Waals surface area contributed by atoms with E-state index >= 15 is 0 Å². The Labute approximate surface area is 835 Å². The molecule has 124 heavy (non-hydrogen) atoms. The molecule has 0 atom stereocenters. The monoisotopic (exact) mass is 2160 g/mol. The fraction of sp³-hybridized carbons (Fsp3) is 0.111. The third-order valence-corrected chi connectivity index (χ3v) is 41.0. The van der Waals surface area contributed by atoms with Crippen molar-refractivity contribution in [2.24, 2.45) is 0 Å². The molecule has 0 saturated heterocycles. The van der Waals surface area contributed by atoms with Gasteiger partial charge in [-0.25, -0.2) is 0 Å². The Kier molecular flexibility index (Phi) is 56.6. The normalized spacial score (nSPS) is 10.4. The van der Waals surface area contributed by atoms with Crippen LogP contribution in [0.2, 0.25) is 0 Å². The third-order valence-electron chi connectivity index (χ3n) is 20.1. The van der Waals surface area contributed by atoms with Crippen molar-refractivity contribution >= 4 is 148 Å². The van der Waals surface area contributed by atoms with Gasteiger partial charge >= 0.3 is 137 Å². The van der Waals surface area contributed by atoms with Crippen molar-refractivity contribution in [3.05, 3.63) is 485 Å². The van der Waals surface area contributed by atoms with Crippen LogP contribution in [-0.2, 0) is 137 Å². The van der Waals surface area contributed by atoms with E-state index in [1.807, 2.05) is 0 Å². The van der Waals surface area contributed by atoms with E-state index in [0.717, 1.165) is 0 Å². The number of hydrogen-bond acceptors (Lipinski definition) is 0. The van der Waals surface area contributed by atoms with Crippen LogP contribution in [0.4, 0.5) is 0 Å². The van der Waals surface area contributed by atoms with Gasteiger partial charge in [-0.05, 0) is 223 Å². The Morgan fingerprint density at radius 3 is 0.202 bits per heavy atom. The zero-order valence-electron chi connectivity index (χ0n) is 68.8. The molecule has 0 saturated carbocycles. The summed E-state index contributed by atoms with van der Waals surface area (Å²) in [5.74, 6) is 0. The van der Waals surface area contributed by atoms with Gasteiger partial charge in [0.25, 0.3) is 0 Å². The van der Waals surface area contributed by atoms with Crippen LogP contribution in [0.3, 0.4) is 0 Å². The number of hydrogen-bond donors (Lipinski definition) is 0. The second-order valence-corrected chi connectivity index (χ2v) is 46.7. The molecule has 0 amide bonds. The molecule has 16 heteroatoms. The van der Waals surface area contributed by atoms with Crippen LogP contribution in [-0.4, -0.2) is 49.3 Å². The van der Waals surface area contributed by atoms with Gasteiger partial charge in [0.1, 0.15) is 0 Å². The molecule has 0 aromatic heterocycles. The Morgan fingerprint density at radius 1 is 0.0887 bits per heavy atom. The van der Waals surface area contributed by atoms with E-state index < -0.39 is 0 Å². The van der Waals surface area contributed by atoms with Crippen molar-refractivity contribution in [1.82, 2.24) is 0 Å². The minimum absolute atomic E-state index is 0. The predicted octanol–water partition coefficient (Wildman–Crippen LogP) is 20.4. The standard InChI is InChI=1S/4C27H26P2.8Cu.8H/c4*1-5-14-24(15-6-1)28(25-16-7-2-8-17-25)22-13-23-29(26-18-9-3-10-19-26)27-20-11-4-12-21-27;;;;;;;;;;;;;;;;/h4*1-12,14-21H,13,22-23H2;;;;;;;;;;;;;;;;. The predicted molar refractivity (Wildman–Crippen MR) is 541 cm³/mol. The first kappa shape index (κ1) is 110. The molecule has 0 bridgehead atoms. The maximum atomic E-state index is 2.30. The summed E-state index contributed by atoms with van der Waals surface area (Å²) in [5, 5.41) is 23.7. The third kappa shape index (κ3) is 35.4. The van der Waals surface area contributed by atoms with Gasteiger partial charge in [-0.2, -0.15) is 0 Å². The molecule has 672 valence electrons. The van der Waals surface area contributed by atoms with Gasteiger partial charge in [0.2, 0.25) is 0 Å². The first-order chi connectivity index (χ1) is 57.7. The molecule has 0 spiro atoms. The molecule has 16 aromatic rings. The molecule has 0 heterocycles. The summed E-state index contributed by atoms with van der Waals surface area (Å²) in [4.78, 5) is 0. The SMILES string of the molecule is [CuH].[CuH].[CuH].[CuH].[CuH].[CuH].[CuH].[CuH].c1ccc(P(CCCP(c2ccccc2)c2ccccc2)c2ccccc2)cc1.c1ccc(P(CCCP(c2ccccc2)c2ccccc2)c2ccccc2)cc1.c1ccc(P(CCCP(c2ccccc2)c2ccccc2)c2ccccc2)cc1.c1ccc(P(CCCP(c2ccccc2)c2ccccc2)c2ccccc2)cc1. The summed E-state index contributed by atoms with van der Waals surface area (Å²) >= 11 is 0. The zero-order chi connectivity index (χ0) is 78.9. The van der Waals surface area contributed by atoms with Crippen molar-refractivity contribution in [2.75, 3.05) is 49.3 Å². The molecule has 0 fully saturated rings. The van der Waals surface area contributed by atoms with Crippen LogP contribution in [0.1, 0.15) is 25.7 Å². The summed E-state index contributed by atoms with van der Waals surface area (Å²) in [6.45, 7) is 0. The van der Waals surface area contributed by atoms with Crippen molar-refractivity contribution in [2.45, 2.75) is 25.7 Å². The minimum atomic E-state index is -0.309. The van der Waals surface area contributed by atoms with Crippen molar-refractivity contribution in [3.8, 4) is 0 Å². The molecule has 0 aliphatic carbocycles. The maximum Gasteiger partial charge on any atom is -0.0195 e. The van der Waals surface area contributed by atoms with E-state index in [2.05, 4.69) is 485 Å². The van der Waals surface area contributed by atoms with E-state index in [-0.39, 0.29) is 200 Å². The first-order valence-electron chi connectivity index (χ1n) is 40.7. The van der Waals surface area contributed by atoms with Gasteiger partial charge in [-0.1, -0.05) is 485 Å². The second-order valence-electron chi connectivity index (χ2n) is 28.0. The van der Waals surface area contributed by atoms with Gasteiger partial charge in [-0.3, -0.25) is 0 Å². The first-order valence-corrected chi connectivity index (χ1v) is 52.9. The molecule has 0 unspecified atom stereocenters. The quantitative estimate of drug-likeness (QED) is 0.0291. The summed E-state index contributed by atoms with van der Waals surface area (Å²) in [6.07, 6.45) is 14.9. The molecule has 16 aromatic carbocycles. The van der Waals surface area contributed by atoms with Gasteiger partial charge in [0.05, 0.1) is 0 Å². The molecular formula is C108H112Cu8P8. The fourth-order valence-electron chi connectivity index (χ4n) is 14.5. The second kappa shape index (κ2) is 64.0. The van der Waals surface area contributed by atoms with Crippen molar-refractivity contribution < 1.29 is 137 Å². The van der Waals surface area contributed by atoms with Crippen molar-refractivity contribution in [1.29, 1.82) is 0 Å². The van der Waals surface area contributed by atoms with Gasteiger partial charge < -0.3 is 0 Å². The van der Waals surface area contributed by atoms with E-state index in [1.165, 1.54) is 160 Å². The average Bonchev–Trinajstić information content (AvgIpc) is 0.872. The molecule has 0 aliphatic heterocycles. The van der Waals surface area contributed by atoms with Crippen LogP contribution in [0.5, 0.6) is 0 Å². The van der Waals surface area contributed by atoms with Gasteiger partial charge in [-0.15, -0.1) is 0 Å². The smallest absolute Gasteiger partial charge is 0.0195 e. The summed E-state index contributed by atoms with van der Waals surface area (Å²) in [5.41, 5.74) is 0. The Morgan fingerprint density at radius 2 is 0.145 bits per heavy atom. The largest absolute Gasteiger partial charge is 0.0622 e. The van der Waals surface area contributed by atoms with Crippen LogP contribution in [0.25, 0.3) is 0 Å². The summed E-state index contributed by atoms with van der Waals surface area (Å²) < 4.78 is 0. The van der Waals surface area contributed by atoms with Crippen LogP contribution in [0.15, 0.2) is 485 Å². The zero-order valence-corrected chi connectivity index (χ0v) is 83.8. The average molecular weight is 2170 g/mol. The molecule has 16 rings (SSSR count). The summed E-state index contributed by atoms with van der Waals surface area (Å²) in [7, 11) is -2.47. The van der Waals surface area contributed by atoms with Crippen LogP contribution >= 0.6 is 63.4 Å². The molecule has 0 aliphatic rings. The number of benzene rings is 16. The van der Waals surface area contributed by atoms with E-state index in [4.69, 9.17) is 0 Å². The van der Waals surface area contributed by atoms with Crippen LogP contribution < -0.4 is 84.9 Å². The number of rotatable bonds is 32. The Hall–Kier alpha value is -4.88. The minimum Gasteiger partial charge on any atom is -0.0622 e. The fourth-order valence-corrected chi connectivity index (χ4v) is 34.4. The maximum absolute atomic E-state index is 2.30. The summed E-state index contributed by atoms with van der Waals surface area (Å²) in [6, 6.07) is 177. The van der Waals surface area contributed by atoms with Gasteiger partial charge in [0.15, 0.2) is 0 Å².